The standard InChI is InChI=1S/C13H19IN2O.ClH/c1-9(2)6-12(8-15)16-13(17)10-4-3-5-11(14)7-10;/h3-5,7,9,12H,6,8,15H2,1-2H3,(H,16,17);1H. The highest BCUT2D eigenvalue weighted by Crippen LogP contribution is 2.09. The summed E-state index contributed by atoms with van der Waals surface area (Å²) in [6.07, 6.45) is 0.909. The molecule has 0 bridgehead atoms. The van der Waals surface area contributed by atoms with E-state index in [0.717, 1.165) is 9.99 Å². The molecule has 1 aromatic rings. The molecule has 0 aliphatic rings. The molecule has 0 aliphatic heterocycles. The maximum absolute atomic E-state index is 12.0. The Bertz CT molecular complexity index is 385. The van der Waals surface area contributed by atoms with Crippen LogP contribution in [-0.4, -0.2) is 18.5 Å². The maximum Gasteiger partial charge on any atom is 0.251 e. The van der Waals surface area contributed by atoms with Gasteiger partial charge in [-0.15, -0.1) is 12.4 Å². The van der Waals surface area contributed by atoms with Gasteiger partial charge in [-0.3, -0.25) is 4.79 Å². The number of rotatable bonds is 5. The first-order valence-electron chi connectivity index (χ1n) is 5.79. The van der Waals surface area contributed by atoms with Gasteiger partial charge in [-0.2, -0.15) is 0 Å². The Morgan fingerprint density at radius 3 is 2.61 bits per heavy atom. The second-order valence-electron chi connectivity index (χ2n) is 4.55. The number of carbonyl (C=O) groups is 1. The molecule has 18 heavy (non-hydrogen) atoms. The van der Waals surface area contributed by atoms with Gasteiger partial charge >= 0.3 is 0 Å². The van der Waals surface area contributed by atoms with Crippen LogP contribution in [0.2, 0.25) is 0 Å². The number of halogens is 2. The Morgan fingerprint density at radius 1 is 1.44 bits per heavy atom. The molecule has 102 valence electrons. The van der Waals surface area contributed by atoms with Crippen LogP contribution >= 0.6 is 35.0 Å². The lowest BCUT2D eigenvalue weighted by atomic mass is 10.0. The van der Waals surface area contributed by atoms with Gasteiger partial charge in [0.05, 0.1) is 0 Å². The average molecular weight is 383 g/mol. The van der Waals surface area contributed by atoms with Crippen molar-refractivity contribution in [2.75, 3.05) is 6.54 Å². The van der Waals surface area contributed by atoms with E-state index in [2.05, 4.69) is 41.8 Å². The van der Waals surface area contributed by atoms with Crippen LogP contribution in [0.25, 0.3) is 0 Å². The van der Waals surface area contributed by atoms with Gasteiger partial charge in [0.1, 0.15) is 0 Å². The molecule has 5 heteroatoms. The van der Waals surface area contributed by atoms with Gasteiger partial charge in [0, 0.05) is 21.7 Å². The van der Waals surface area contributed by atoms with E-state index in [1.54, 1.807) is 0 Å². The van der Waals surface area contributed by atoms with Crippen LogP contribution in [0.1, 0.15) is 30.6 Å². The van der Waals surface area contributed by atoms with E-state index in [4.69, 9.17) is 5.73 Å². The summed E-state index contributed by atoms with van der Waals surface area (Å²) in [5.41, 5.74) is 6.35. The highest BCUT2D eigenvalue weighted by molar-refractivity contribution is 14.1. The Labute approximate surface area is 128 Å². The summed E-state index contributed by atoms with van der Waals surface area (Å²) in [4.78, 5) is 12.0. The summed E-state index contributed by atoms with van der Waals surface area (Å²) >= 11 is 2.20. The van der Waals surface area contributed by atoms with Crippen LogP contribution in [0.3, 0.4) is 0 Å². The van der Waals surface area contributed by atoms with Gasteiger partial charge in [0.25, 0.3) is 5.91 Å². The molecule has 1 aromatic carbocycles. The number of carbonyl (C=O) groups excluding carboxylic acids is 1. The van der Waals surface area contributed by atoms with E-state index in [9.17, 15) is 4.79 Å². The molecule has 0 fully saturated rings. The number of benzene rings is 1. The summed E-state index contributed by atoms with van der Waals surface area (Å²) in [6, 6.07) is 7.60. The summed E-state index contributed by atoms with van der Waals surface area (Å²) in [5.74, 6) is 0.486. The zero-order valence-electron chi connectivity index (χ0n) is 10.7. The van der Waals surface area contributed by atoms with E-state index < -0.39 is 0 Å². The average Bonchev–Trinajstić information content (AvgIpc) is 2.27. The fourth-order valence-electron chi connectivity index (χ4n) is 1.68. The predicted octanol–water partition coefficient (Wildman–Crippen LogP) is 2.82. The van der Waals surface area contributed by atoms with E-state index in [1.165, 1.54) is 0 Å². The summed E-state index contributed by atoms with van der Waals surface area (Å²) < 4.78 is 1.06. The first-order chi connectivity index (χ1) is 8.02. The molecular weight excluding hydrogens is 363 g/mol. The first-order valence-corrected chi connectivity index (χ1v) is 6.87. The van der Waals surface area contributed by atoms with Crippen molar-refractivity contribution in [2.45, 2.75) is 26.3 Å². The van der Waals surface area contributed by atoms with Crippen LogP contribution < -0.4 is 11.1 Å². The number of hydrogen-bond donors (Lipinski definition) is 2. The third kappa shape index (κ3) is 6.02. The summed E-state index contributed by atoms with van der Waals surface area (Å²) in [5, 5.41) is 2.97. The van der Waals surface area contributed by atoms with Gasteiger partial charge < -0.3 is 11.1 Å². The Hall–Kier alpha value is -0.330. The molecule has 1 unspecified atom stereocenters. The zero-order chi connectivity index (χ0) is 12.8. The van der Waals surface area contributed by atoms with Crippen molar-refractivity contribution in [2.24, 2.45) is 11.7 Å². The van der Waals surface area contributed by atoms with Crippen molar-refractivity contribution < 1.29 is 4.79 Å². The quantitative estimate of drug-likeness (QED) is 0.770. The molecule has 0 aliphatic carbocycles. The van der Waals surface area contributed by atoms with Crippen molar-refractivity contribution in [3.8, 4) is 0 Å². The monoisotopic (exact) mass is 382 g/mol. The second-order valence-corrected chi connectivity index (χ2v) is 5.79. The van der Waals surface area contributed by atoms with E-state index >= 15 is 0 Å². The highest BCUT2D eigenvalue weighted by atomic mass is 127. The molecule has 0 spiro atoms. The van der Waals surface area contributed by atoms with Crippen LogP contribution in [0.15, 0.2) is 24.3 Å². The number of nitrogens with two attached hydrogens (primary N) is 1. The van der Waals surface area contributed by atoms with E-state index in [0.29, 0.717) is 18.0 Å². The molecule has 0 radical (unpaired) electrons. The molecule has 0 saturated carbocycles. The molecule has 0 heterocycles. The molecule has 1 rings (SSSR count). The van der Waals surface area contributed by atoms with Crippen molar-refractivity contribution in [3.63, 3.8) is 0 Å². The number of hydrogen-bond acceptors (Lipinski definition) is 2. The first kappa shape index (κ1) is 17.7. The van der Waals surface area contributed by atoms with E-state index in [-0.39, 0.29) is 24.4 Å². The van der Waals surface area contributed by atoms with Crippen LogP contribution in [-0.2, 0) is 0 Å². The highest BCUT2D eigenvalue weighted by Gasteiger charge is 2.13. The Kier molecular flexibility index (Phi) is 8.56. The topological polar surface area (TPSA) is 55.1 Å². The Balaban J connectivity index is 0.00000289. The van der Waals surface area contributed by atoms with Crippen molar-refractivity contribution in [1.82, 2.24) is 5.32 Å². The smallest absolute Gasteiger partial charge is 0.251 e. The lowest BCUT2D eigenvalue weighted by Crippen LogP contribution is -2.41. The minimum Gasteiger partial charge on any atom is -0.348 e. The zero-order valence-corrected chi connectivity index (χ0v) is 13.6. The van der Waals surface area contributed by atoms with Gasteiger partial charge in [0.2, 0.25) is 0 Å². The van der Waals surface area contributed by atoms with Crippen LogP contribution in [0, 0.1) is 9.49 Å². The normalized spacial score (nSPS) is 11.8. The van der Waals surface area contributed by atoms with Gasteiger partial charge in [-0.05, 0) is 53.1 Å². The SMILES string of the molecule is CC(C)CC(CN)NC(=O)c1cccc(I)c1.Cl. The molecule has 1 amide bonds. The van der Waals surface area contributed by atoms with Gasteiger partial charge in [0.15, 0.2) is 0 Å². The van der Waals surface area contributed by atoms with Gasteiger partial charge in [-0.1, -0.05) is 19.9 Å². The van der Waals surface area contributed by atoms with E-state index in [1.807, 2.05) is 24.3 Å². The minimum absolute atomic E-state index is 0. The van der Waals surface area contributed by atoms with Crippen molar-refractivity contribution in [1.29, 1.82) is 0 Å². The minimum atomic E-state index is -0.0420. The number of nitrogens with one attached hydrogen (secondary N) is 1. The Morgan fingerprint density at radius 2 is 2.11 bits per heavy atom. The molecule has 3 N–H and O–H groups in total. The fraction of sp³-hybridized carbons (Fsp3) is 0.462. The van der Waals surface area contributed by atoms with Crippen molar-refractivity contribution in [3.05, 3.63) is 33.4 Å². The third-order valence-electron chi connectivity index (χ3n) is 2.46. The maximum atomic E-state index is 12.0. The lowest BCUT2D eigenvalue weighted by Gasteiger charge is -2.18. The summed E-state index contributed by atoms with van der Waals surface area (Å²) in [7, 11) is 0. The third-order valence-corrected chi connectivity index (χ3v) is 3.13. The van der Waals surface area contributed by atoms with Gasteiger partial charge in [-0.25, -0.2) is 0 Å². The molecule has 1 atom stereocenters. The van der Waals surface area contributed by atoms with Crippen LogP contribution in [0.4, 0.5) is 0 Å². The fourth-order valence-corrected chi connectivity index (χ4v) is 2.22. The second kappa shape index (κ2) is 8.72. The molecule has 0 aromatic heterocycles. The molecule has 0 saturated heterocycles. The molecular formula is C13H20ClIN2O. The predicted molar refractivity (Wildman–Crippen MR) is 86.2 cm³/mol. The summed E-state index contributed by atoms with van der Waals surface area (Å²) in [6.45, 7) is 4.73. The van der Waals surface area contributed by atoms with Crippen LogP contribution in [0.5, 0.6) is 0 Å². The largest absolute Gasteiger partial charge is 0.348 e. The van der Waals surface area contributed by atoms with Crippen molar-refractivity contribution >= 4 is 40.9 Å². The molecule has 3 nitrogen and oxygen atoms in total. The number of amides is 1. The lowest BCUT2D eigenvalue weighted by molar-refractivity contribution is 0.0933.